The summed E-state index contributed by atoms with van der Waals surface area (Å²) in [6.07, 6.45) is 1.56. The van der Waals surface area contributed by atoms with Crippen molar-refractivity contribution in [1.82, 2.24) is 4.98 Å². The molecule has 0 saturated heterocycles. The van der Waals surface area contributed by atoms with Gasteiger partial charge in [0.1, 0.15) is 11.6 Å². The molecule has 1 heterocycles. The lowest BCUT2D eigenvalue weighted by Gasteiger charge is -2.02. The van der Waals surface area contributed by atoms with Gasteiger partial charge in [-0.3, -0.25) is 9.00 Å². The smallest absolute Gasteiger partial charge is 0.238 e. The van der Waals surface area contributed by atoms with Gasteiger partial charge in [-0.15, -0.1) is 0 Å². The predicted octanol–water partition coefficient (Wildman–Crippen LogP) is -0.239. The molecule has 0 aliphatic carbocycles. The number of carbonyl (C=O) groups excluding carboxylic acids is 1. The number of anilines is 1. The number of carbonyl (C=O) groups is 1. The molecule has 1 aromatic heterocycles. The fourth-order valence-corrected chi connectivity index (χ4v) is 1.65. The maximum Gasteiger partial charge on any atom is 0.238 e. The van der Waals surface area contributed by atoms with Crippen molar-refractivity contribution in [3.8, 4) is 0 Å². The van der Waals surface area contributed by atoms with Crippen LogP contribution in [0.3, 0.4) is 0 Å². The maximum absolute atomic E-state index is 11.3. The highest BCUT2D eigenvalue weighted by Crippen LogP contribution is 1.99. The fourth-order valence-electron chi connectivity index (χ4n) is 0.936. The second kappa shape index (κ2) is 6.26. The molecule has 0 bridgehead atoms. The summed E-state index contributed by atoms with van der Waals surface area (Å²) in [5.74, 6) is 0.0799. The third kappa shape index (κ3) is 4.66. The second-order valence-electron chi connectivity index (χ2n) is 2.78. The molecule has 1 rings (SSSR count). The van der Waals surface area contributed by atoms with E-state index in [1.807, 2.05) is 0 Å². The Balaban J connectivity index is 2.40. The Morgan fingerprint density at radius 3 is 2.93 bits per heavy atom. The zero-order valence-electron chi connectivity index (χ0n) is 8.05. The highest BCUT2D eigenvalue weighted by atomic mass is 32.2. The molecule has 15 heavy (non-hydrogen) atoms. The van der Waals surface area contributed by atoms with E-state index in [0.29, 0.717) is 5.82 Å². The van der Waals surface area contributed by atoms with Gasteiger partial charge in [0.2, 0.25) is 5.91 Å². The minimum atomic E-state index is -1.31. The normalized spacial score (nSPS) is 12.1. The molecular formula is C9H12N2O3S. The number of nitrogens with one attached hydrogen (secondary N) is 1. The average Bonchev–Trinajstić information content (AvgIpc) is 2.19. The van der Waals surface area contributed by atoms with E-state index < -0.39 is 10.8 Å². The van der Waals surface area contributed by atoms with Crippen LogP contribution in [-0.4, -0.2) is 38.3 Å². The zero-order chi connectivity index (χ0) is 11.1. The molecule has 0 saturated carbocycles. The monoisotopic (exact) mass is 228 g/mol. The van der Waals surface area contributed by atoms with Gasteiger partial charge in [-0.1, -0.05) is 6.07 Å². The molecule has 6 heteroatoms. The Hall–Kier alpha value is -1.27. The molecule has 0 aliphatic rings. The van der Waals surface area contributed by atoms with Crippen molar-refractivity contribution < 1.29 is 14.1 Å². The first kappa shape index (κ1) is 11.8. The quantitative estimate of drug-likeness (QED) is 0.729. The minimum Gasteiger partial charge on any atom is -0.395 e. The average molecular weight is 228 g/mol. The molecule has 1 unspecified atom stereocenters. The first-order chi connectivity index (χ1) is 7.22. The summed E-state index contributed by atoms with van der Waals surface area (Å²) in [5.41, 5.74) is 0. The summed E-state index contributed by atoms with van der Waals surface area (Å²) in [6.45, 7) is -0.177. The van der Waals surface area contributed by atoms with Crippen LogP contribution >= 0.6 is 0 Å². The molecule has 5 nitrogen and oxygen atoms in total. The van der Waals surface area contributed by atoms with Crippen LogP contribution in [0.2, 0.25) is 0 Å². The fraction of sp³-hybridized carbons (Fsp3) is 0.333. The van der Waals surface area contributed by atoms with Gasteiger partial charge >= 0.3 is 0 Å². The number of rotatable bonds is 5. The van der Waals surface area contributed by atoms with Crippen LogP contribution in [-0.2, 0) is 15.6 Å². The van der Waals surface area contributed by atoms with Crippen LogP contribution in [0.1, 0.15) is 0 Å². The van der Waals surface area contributed by atoms with Crippen molar-refractivity contribution in [2.45, 2.75) is 0 Å². The molecular weight excluding hydrogens is 216 g/mol. The molecule has 2 N–H and O–H groups in total. The Kier molecular flexibility index (Phi) is 4.92. The van der Waals surface area contributed by atoms with Gasteiger partial charge in [0, 0.05) is 22.7 Å². The van der Waals surface area contributed by atoms with Gasteiger partial charge in [0.25, 0.3) is 0 Å². The Morgan fingerprint density at radius 2 is 2.33 bits per heavy atom. The van der Waals surface area contributed by atoms with E-state index in [9.17, 15) is 9.00 Å². The van der Waals surface area contributed by atoms with Crippen LogP contribution in [0, 0.1) is 0 Å². The summed E-state index contributed by atoms with van der Waals surface area (Å²) in [5, 5.41) is 11.0. The van der Waals surface area contributed by atoms with E-state index >= 15 is 0 Å². The van der Waals surface area contributed by atoms with Crippen LogP contribution < -0.4 is 5.32 Å². The Morgan fingerprint density at radius 1 is 1.53 bits per heavy atom. The molecule has 1 atom stereocenters. The van der Waals surface area contributed by atoms with Gasteiger partial charge < -0.3 is 10.4 Å². The van der Waals surface area contributed by atoms with E-state index in [2.05, 4.69) is 10.3 Å². The number of aliphatic hydroxyl groups excluding tert-OH is 1. The molecule has 1 aromatic rings. The SMILES string of the molecule is O=C(CS(=O)CCO)Nc1ccccn1. The summed E-state index contributed by atoms with van der Waals surface area (Å²) in [4.78, 5) is 15.2. The van der Waals surface area contributed by atoms with Crippen molar-refractivity contribution in [2.24, 2.45) is 0 Å². The number of hydrogen-bond donors (Lipinski definition) is 2. The number of aliphatic hydroxyl groups is 1. The van der Waals surface area contributed by atoms with E-state index in [0.717, 1.165) is 0 Å². The van der Waals surface area contributed by atoms with Crippen molar-refractivity contribution in [3.05, 3.63) is 24.4 Å². The lowest BCUT2D eigenvalue weighted by molar-refractivity contribution is -0.113. The standard InChI is InChI=1S/C9H12N2O3S/c12-5-6-15(14)7-9(13)11-8-3-1-2-4-10-8/h1-4,12H,5-7H2,(H,10,11,13). The van der Waals surface area contributed by atoms with E-state index in [1.165, 1.54) is 0 Å². The summed E-state index contributed by atoms with van der Waals surface area (Å²) in [7, 11) is -1.31. The third-order valence-corrected chi connectivity index (χ3v) is 2.77. The van der Waals surface area contributed by atoms with Gasteiger partial charge in [-0.05, 0) is 12.1 Å². The highest BCUT2D eigenvalue weighted by molar-refractivity contribution is 7.85. The number of hydrogen-bond acceptors (Lipinski definition) is 4. The number of pyridine rings is 1. The van der Waals surface area contributed by atoms with E-state index in [1.54, 1.807) is 24.4 Å². The highest BCUT2D eigenvalue weighted by Gasteiger charge is 2.07. The number of nitrogens with zero attached hydrogens (tertiary/aromatic N) is 1. The number of amides is 1. The van der Waals surface area contributed by atoms with Crippen molar-refractivity contribution in [1.29, 1.82) is 0 Å². The zero-order valence-corrected chi connectivity index (χ0v) is 8.87. The Labute approximate surface area is 90.0 Å². The number of aromatic nitrogens is 1. The van der Waals surface area contributed by atoms with Crippen LogP contribution in [0.4, 0.5) is 5.82 Å². The second-order valence-corrected chi connectivity index (χ2v) is 4.35. The van der Waals surface area contributed by atoms with Gasteiger partial charge in [-0.2, -0.15) is 0 Å². The molecule has 82 valence electrons. The third-order valence-electron chi connectivity index (χ3n) is 1.54. The van der Waals surface area contributed by atoms with Crippen molar-refractivity contribution in [3.63, 3.8) is 0 Å². The van der Waals surface area contributed by atoms with Gasteiger partial charge in [-0.25, -0.2) is 4.98 Å². The first-order valence-electron chi connectivity index (χ1n) is 4.39. The Bertz CT molecular complexity index is 342. The largest absolute Gasteiger partial charge is 0.395 e. The lowest BCUT2D eigenvalue weighted by Crippen LogP contribution is -2.22. The van der Waals surface area contributed by atoms with Gasteiger partial charge in [0.15, 0.2) is 0 Å². The predicted molar refractivity (Wildman–Crippen MR) is 57.8 cm³/mol. The van der Waals surface area contributed by atoms with Crippen LogP contribution in [0.25, 0.3) is 0 Å². The molecule has 0 fully saturated rings. The lowest BCUT2D eigenvalue weighted by atomic mass is 10.4. The van der Waals surface area contributed by atoms with Crippen LogP contribution in [0.5, 0.6) is 0 Å². The molecule has 0 spiro atoms. The van der Waals surface area contributed by atoms with Crippen LogP contribution in [0.15, 0.2) is 24.4 Å². The minimum absolute atomic E-state index is 0.114. The summed E-state index contributed by atoms with van der Waals surface area (Å²) < 4.78 is 11.1. The maximum atomic E-state index is 11.3. The summed E-state index contributed by atoms with van der Waals surface area (Å²) in [6, 6.07) is 5.12. The molecule has 0 aromatic carbocycles. The van der Waals surface area contributed by atoms with E-state index in [4.69, 9.17) is 5.11 Å². The van der Waals surface area contributed by atoms with Gasteiger partial charge in [0.05, 0.1) is 6.61 Å². The van der Waals surface area contributed by atoms with E-state index in [-0.39, 0.29) is 24.0 Å². The molecule has 0 radical (unpaired) electrons. The van der Waals surface area contributed by atoms with Crippen molar-refractivity contribution in [2.75, 3.05) is 23.4 Å². The molecule has 1 amide bonds. The molecule has 0 aliphatic heterocycles. The summed E-state index contributed by atoms with van der Waals surface area (Å²) >= 11 is 0. The topological polar surface area (TPSA) is 79.3 Å². The van der Waals surface area contributed by atoms with Crippen molar-refractivity contribution >= 4 is 22.5 Å². The first-order valence-corrected chi connectivity index (χ1v) is 5.88.